The second kappa shape index (κ2) is 6.53. The van der Waals surface area contributed by atoms with Gasteiger partial charge in [0.05, 0.1) is 17.6 Å². The van der Waals surface area contributed by atoms with Crippen molar-refractivity contribution in [2.75, 3.05) is 33.0 Å². The molecule has 0 radical (unpaired) electrons. The molecule has 0 saturated heterocycles. The van der Waals surface area contributed by atoms with Gasteiger partial charge >= 0.3 is 0 Å². The average Bonchev–Trinajstić information content (AvgIpc) is 2.33. The molecule has 0 spiro atoms. The third-order valence-electron chi connectivity index (χ3n) is 3.16. The van der Waals surface area contributed by atoms with Crippen molar-refractivity contribution >= 4 is 15.7 Å². The van der Waals surface area contributed by atoms with E-state index in [1.165, 1.54) is 20.2 Å². The van der Waals surface area contributed by atoms with Gasteiger partial charge in [-0.25, -0.2) is 8.42 Å². The number of methoxy groups -OCH3 is 1. The number of aliphatic hydroxyl groups excluding tert-OH is 1. The van der Waals surface area contributed by atoms with E-state index in [-0.39, 0.29) is 18.0 Å². The molecule has 3 N–H and O–H groups in total. The van der Waals surface area contributed by atoms with E-state index in [9.17, 15) is 13.5 Å². The molecule has 0 aromatic heterocycles. The molecule has 0 heterocycles. The largest absolute Gasteiger partial charge is 0.399 e. The smallest absolute Gasteiger partial charge is 0.243 e. The number of benzene rings is 1. The molecular weight excluding hydrogens is 280 g/mol. The van der Waals surface area contributed by atoms with Gasteiger partial charge in [-0.05, 0) is 37.1 Å². The van der Waals surface area contributed by atoms with Crippen molar-refractivity contribution in [1.82, 2.24) is 4.31 Å². The Kier molecular flexibility index (Phi) is 5.52. The van der Waals surface area contributed by atoms with Gasteiger partial charge < -0.3 is 15.6 Å². The van der Waals surface area contributed by atoms with Crippen molar-refractivity contribution in [2.24, 2.45) is 0 Å². The average molecular weight is 302 g/mol. The van der Waals surface area contributed by atoms with E-state index < -0.39 is 16.1 Å². The van der Waals surface area contributed by atoms with Crippen molar-refractivity contribution in [3.8, 4) is 0 Å². The molecule has 0 aliphatic carbocycles. The number of ether oxygens (including phenoxy) is 1. The van der Waals surface area contributed by atoms with Gasteiger partial charge in [0, 0.05) is 26.4 Å². The van der Waals surface area contributed by atoms with Gasteiger partial charge in [-0.15, -0.1) is 0 Å². The third-order valence-corrected chi connectivity index (χ3v) is 5.11. The first kappa shape index (κ1) is 16.9. The number of nitrogen functional groups attached to an aromatic ring is 1. The Hall–Kier alpha value is -1.15. The summed E-state index contributed by atoms with van der Waals surface area (Å²) in [6.07, 6.45) is -0.873. The van der Waals surface area contributed by atoms with Gasteiger partial charge in [0.15, 0.2) is 0 Å². The lowest BCUT2D eigenvalue weighted by atomic mass is 10.1. The minimum atomic E-state index is -3.69. The summed E-state index contributed by atoms with van der Waals surface area (Å²) in [7, 11) is -0.820. The number of rotatable bonds is 6. The van der Waals surface area contributed by atoms with Gasteiger partial charge in [0.25, 0.3) is 0 Å². The minimum absolute atomic E-state index is 0.0382. The number of hydrogen-bond acceptors (Lipinski definition) is 5. The van der Waals surface area contributed by atoms with E-state index in [0.29, 0.717) is 11.3 Å². The SMILES string of the molecule is COCC(O)CN(C)S(=O)(=O)c1cc(N)cc(C)c1C. The van der Waals surface area contributed by atoms with E-state index in [0.717, 1.165) is 9.87 Å². The van der Waals surface area contributed by atoms with Gasteiger partial charge in [0.2, 0.25) is 10.0 Å². The Bertz CT molecular complexity index is 572. The molecule has 0 aliphatic heterocycles. The molecular formula is C13H22N2O4S. The topological polar surface area (TPSA) is 92.9 Å². The van der Waals surface area contributed by atoms with Crippen LogP contribution in [-0.2, 0) is 14.8 Å². The number of anilines is 1. The highest BCUT2D eigenvalue weighted by Gasteiger charge is 2.25. The van der Waals surface area contributed by atoms with Crippen LogP contribution in [0.3, 0.4) is 0 Å². The summed E-state index contributed by atoms with van der Waals surface area (Å²) >= 11 is 0. The standard InChI is InChI=1S/C13H22N2O4S/c1-9-5-11(14)6-13(10(9)2)20(17,18)15(3)7-12(16)8-19-4/h5-6,12,16H,7-8,14H2,1-4H3. The highest BCUT2D eigenvalue weighted by atomic mass is 32.2. The van der Waals surface area contributed by atoms with Crippen LogP contribution >= 0.6 is 0 Å². The maximum absolute atomic E-state index is 12.5. The predicted octanol–water partition coefficient (Wildman–Crippen LogP) is 0.513. The number of aliphatic hydroxyl groups is 1. The van der Waals surface area contributed by atoms with Crippen molar-refractivity contribution < 1.29 is 18.3 Å². The Morgan fingerprint density at radius 2 is 2.00 bits per heavy atom. The van der Waals surface area contributed by atoms with E-state index in [4.69, 9.17) is 10.5 Å². The molecule has 1 aromatic carbocycles. The summed E-state index contributed by atoms with van der Waals surface area (Å²) in [6.45, 7) is 3.59. The van der Waals surface area contributed by atoms with E-state index in [1.807, 2.05) is 6.92 Å². The zero-order chi connectivity index (χ0) is 15.5. The molecule has 7 heteroatoms. The molecule has 1 aromatic rings. The minimum Gasteiger partial charge on any atom is -0.399 e. The summed E-state index contributed by atoms with van der Waals surface area (Å²) in [5, 5.41) is 9.65. The fraction of sp³-hybridized carbons (Fsp3) is 0.538. The predicted molar refractivity (Wildman–Crippen MR) is 78.0 cm³/mol. The fourth-order valence-electron chi connectivity index (χ4n) is 1.93. The number of nitrogens with zero attached hydrogens (tertiary/aromatic N) is 1. The summed E-state index contributed by atoms with van der Waals surface area (Å²) in [5.74, 6) is 0. The fourth-order valence-corrected chi connectivity index (χ4v) is 3.47. The lowest BCUT2D eigenvalue weighted by Gasteiger charge is -2.22. The maximum atomic E-state index is 12.5. The van der Waals surface area contributed by atoms with Gasteiger partial charge in [0.1, 0.15) is 0 Å². The summed E-state index contributed by atoms with van der Waals surface area (Å²) in [6, 6.07) is 3.17. The quantitative estimate of drug-likeness (QED) is 0.747. The summed E-state index contributed by atoms with van der Waals surface area (Å²) in [4.78, 5) is 0.169. The van der Waals surface area contributed by atoms with Crippen molar-refractivity contribution in [1.29, 1.82) is 0 Å². The number of hydrogen-bond donors (Lipinski definition) is 2. The first-order valence-corrected chi connectivity index (χ1v) is 7.64. The zero-order valence-corrected chi connectivity index (χ0v) is 13.1. The number of aryl methyl sites for hydroxylation is 1. The summed E-state index contributed by atoms with van der Waals surface area (Å²) < 4.78 is 30.9. The molecule has 20 heavy (non-hydrogen) atoms. The Balaban J connectivity index is 3.11. The van der Waals surface area contributed by atoms with Crippen LogP contribution in [0.15, 0.2) is 17.0 Å². The van der Waals surface area contributed by atoms with E-state index in [1.54, 1.807) is 13.0 Å². The van der Waals surface area contributed by atoms with Crippen LogP contribution in [-0.4, -0.2) is 51.2 Å². The maximum Gasteiger partial charge on any atom is 0.243 e. The second-order valence-corrected chi connectivity index (χ2v) is 6.87. The lowest BCUT2D eigenvalue weighted by Crippen LogP contribution is -2.36. The molecule has 0 aliphatic rings. The number of nitrogens with two attached hydrogens (primary N) is 1. The van der Waals surface area contributed by atoms with Crippen molar-refractivity contribution in [3.63, 3.8) is 0 Å². The van der Waals surface area contributed by atoms with Gasteiger partial charge in [-0.2, -0.15) is 4.31 Å². The molecule has 1 rings (SSSR count). The van der Waals surface area contributed by atoms with Crippen LogP contribution in [0.5, 0.6) is 0 Å². The normalized spacial score (nSPS) is 13.7. The number of likely N-dealkylation sites (N-methyl/N-ethyl adjacent to an activating group) is 1. The molecule has 0 bridgehead atoms. The lowest BCUT2D eigenvalue weighted by molar-refractivity contribution is 0.0554. The van der Waals surface area contributed by atoms with Gasteiger partial charge in [-0.1, -0.05) is 0 Å². The molecule has 6 nitrogen and oxygen atoms in total. The second-order valence-electron chi connectivity index (χ2n) is 4.86. The van der Waals surface area contributed by atoms with Crippen LogP contribution < -0.4 is 5.73 Å². The Morgan fingerprint density at radius 3 is 2.55 bits per heavy atom. The van der Waals surface area contributed by atoms with Gasteiger partial charge in [-0.3, -0.25) is 0 Å². The molecule has 0 fully saturated rings. The van der Waals surface area contributed by atoms with E-state index in [2.05, 4.69) is 0 Å². The highest BCUT2D eigenvalue weighted by molar-refractivity contribution is 7.89. The van der Waals surface area contributed by atoms with Crippen LogP contribution in [0.25, 0.3) is 0 Å². The number of sulfonamides is 1. The molecule has 0 saturated carbocycles. The molecule has 1 unspecified atom stereocenters. The van der Waals surface area contributed by atoms with Crippen molar-refractivity contribution in [2.45, 2.75) is 24.8 Å². The van der Waals surface area contributed by atoms with E-state index >= 15 is 0 Å². The third kappa shape index (κ3) is 3.69. The summed E-state index contributed by atoms with van der Waals surface area (Å²) in [5.41, 5.74) is 7.60. The van der Waals surface area contributed by atoms with Crippen LogP contribution in [0.1, 0.15) is 11.1 Å². The Morgan fingerprint density at radius 1 is 1.40 bits per heavy atom. The van der Waals surface area contributed by atoms with Crippen LogP contribution in [0.2, 0.25) is 0 Å². The van der Waals surface area contributed by atoms with Crippen LogP contribution in [0, 0.1) is 13.8 Å². The van der Waals surface area contributed by atoms with Crippen molar-refractivity contribution in [3.05, 3.63) is 23.3 Å². The highest BCUT2D eigenvalue weighted by Crippen LogP contribution is 2.24. The molecule has 0 amide bonds. The Labute approximate surface area is 120 Å². The first-order chi connectivity index (χ1) is 9.20. The van der Waals surface area contributed by atoms with Crippen LogP contribution in [0.4, 0.5) is 5.69 Å². The molecule has 114 valence electrons. The first-order valence-electron chi connectivity index (χ1n) is 6.20. The molecule has 1 atom stereocenters. The zero-order valence-electron chi connectivity index (χ0n) is 12.3. The monoisotopic (exact) mass is 302 g/mol.